The topological polar surface area (TPSA) is 32.3 Å². The Morgan fingerprint density at radius 2 is 1.73 bits per heavy atom. The lowest BCUT2D eigenvalue weighted by atomic mass is 9.97. The third-order valence-electron chi connectivity index (χ3n) is 5.34. The van der Waals surface area contributed by atoms with Crippen molar-refractivity contribution >= 4 is 16.7 Å². The van der Waals surface area contributed by atoms with E-state index < -0.39 is 0 Å². The summed E-state index contributed by atoms with van der Waals surface area (Å²) in [4.78, 5) is 15.1. The molecule has 0 spiro atoms. The van der Waals surface area contributed by atoms with E-state index in [9.17, 15) is 4.79 Å². The molecule has 3 aromatic rings. The van der Waals surface area contributed by atoms with Crippen LogP contribution in [0.2, 0.25) is 0 Å². The van der Waals surface area contributed by atoms with Crippen molar-refractivity contribution in [3.8, 4) is 0 Å². The summed E-state index contributed by atoms with van der Waals surface area (Å²) in [6.45, 7) is 1.51. The number of fused-ring (bicyclic) bond motifs is 2. The van der Waals surface area contributed by atoms with Gasteiger partial charge in [-0.1, -0.05) is 66.7 Å². The van der Waals surface area contributed by atoms with E-state index in [1.165, 1.54) is 27.5 Å². The van der Waals surface area contributed by atoms with Crippen molar-refractivity contribution in [2.24, 2.45) is 0 Å². The van der Waals surface area contributed by atoms with Crippen LogP contribution in [-0.4, -0.2) is 30.4 Å². The minimum absolute atomic E-state index is 0.190. The molecular weight excluding hydrogens is 320 g/mol. The van der Waals surface area contributed by atoms with E-state index in [2.05, 4.69) is 72.0 Å². The van der Waals surface area contributed by atoms with Crippen molar-refractivity contribution in [3.63, 3.8) is 0 Å². The molecular formula is C23H24N2O. The lowest BCUT2D eigenvalue weighted by Gasteiger charge is -2.32. The molecule has 1 aliphatic heterocycles. The predicted molar refractivity (Wildman–Crippen MR) is 106 cm³/mol. The van der Waals surface area contributed by atoms with Crippen LogP contribution < -0.4 is 5.32 Å². The summed E-state index contributed by atoms with van der Waals surface area (Å²) in [6, 6.07) is 23.0. The number of hydrogen-bond acceptors (Lipinski definition) is 2. The molecule has 0 fully saturated rings. The Morgan fingerprint density at radius 3 is 2.54 bits per heavy atom. The summed E-state index contributed by atoms with van der Waals surface area (Å²) in [7, 11) is 1.88. The fourth-order valence-corrected chi connectivity index (χ4v) is 3.82. The summed E-state index contributed by atoms with van der Waals surface area (Å²) in [6.07, 6.45) is 1.65. The van der Waals surface area contributed by atoms with Crippen LogP contribution in [0.1, 0.15) is 16.7 Å². The second-order valence-electron chi connectivity index (χ2n) is 7.01. The summed E-state index contributed by atoms with van der Waals surface area (Å²) in [5, 5.41) is 5.68. The van der Waals surface area contributed by atoms with Crippen LogP contribution in [0, 0.1) is 0 Å². The lowest BCUT2D eigenvalue weighted by Crippen LogP contribution is -2.48. The first-order chi connectivity index (χ1) is 12.7. The molecule has 4 rings (SSSR count). The van der Waals surface area contributed by atoms with Gasteiger partial charge in [-0.05, 0) is 47.4 Å². The monoisotopic (exact) mass is 344 g/mol. The van der Waals surface area contributed by atoms with Gasteiger partial charge in [0.15, 0.2) is 0 Å². The summed E-state index contributed by atoms with van der Waals surface area (Å²) >= 11 is 0. The Bertz CT molecular complexity index is 934. The third-order valence-corrected chi connectivity index (χ3v) is 5.34. The second kappa shape index (κ2) is 7.30. The smallest absolute Gasteiger partial charge is 0.240 e. The Morgan fingerprint density at radius 1 is 1.00 bits per heavy atom. The molecule has 0 aromatic heterocycles. The maximum atomic E-state index is 13.1. The van der Waals surface area contributed by atoms with E-state index in [4.69, 9.17) is 0 Å². The van der Waals surface area contributed by atoms with Gasteiger partial charge >= 0.3 is 0 Å². The number of hydrogen-bond donors (Lipinski definition) is 1. The molecule has 0 radical (unpaired) electrons. The summed E-state index contributed by atoms with van der Waals surface area (Å²) in [5.41, 5.74) is 3.83. The molecule has 1 N–H and O–H groups in total. The van der Waals surface area contributed by atoms with E-state index >= 15 is 0 Å². The highest BCUT2D eigenvalue weighted by molar-refractivity contribution is 5.84. The number of nitrogens with zero attached hydrogens (tertiary/aromatic N) is 1. The van der Waals surface area contributed by atoms with Gasteiger partial charge in [0.1, 0.15) is 0 Å². The number of rotatable bonds is 4. The largest absolute Gasteiger partial charge is 0.337 e. The average Bonchev–Trinajstić information content (AvgIpc) is 2.71. The van der Waals surface area contributed by atoms with Gasteiger partial charge in [-0.25, -0.2) is 0 Å². The van der Waals surface area contributed by atoms with Crippen LogP contribution in [0.5, 0.6) is 0 Å². The summed E-state index contributed by atoms with van der Waals surface area (Å²) < 4.78 is 0. The Labute approximate surface area is 154 Å². The number of carbonyl (C=O) groups is 1. The normalized spacial score (nSPS) is 14.9. The number of benzene rings is 3. The van der Waals surface area contributed by atoms with E-state index in [0.29, 0.717) is 13.0 Å². The molecule has 132 valence electrons. The molecule has 1 amide bonds. The first-order valence-corrected chi connectivity index (χ1v) is 9.25. The zero-order valence-corrected chi connectivity index (χ0v) is 15.1. The molecule has 3 nitrogen and oxygen atoms in total. The van der Waals surface area contributed by atoms with Crippen molar-refractivity contribution in [2.45, 2.75) is 25.4 Å². The van der Waals surface area contributed by atoms with Crippen LogP contribution >= 0.6 is 0 Å². The fraction of sp³-hybridized carbons (Fsp3) is 0.261. The quantitative estimate of drug-likeness (QED) is 0.785. The fourth-order valence-electron chi connectivity index (χ4n) is 3.82. The van der Waals surface area contributed by atoms with Crippen molar-refractivity contribution in [1.82, 2.24) is 10.2 Å². The van der Waals surface area contributed by atoms with Gasteiger partial charge in [-0.3, -0.25) is 4.79 Å². The van der Waals surface area contributed by atoms with Gasteiger partial charge in [-0.2, -0.15) is 0 Å². The molecule has 1 atom stereocenters. The highest BCUT2D eigenvalue weighted by Crippen LogP contribution is 2.21. The Balaban J connectivity index is 1.50. The molecule has 1 aliphatic rings. The molecule has 0 bridgehead atoms. The van der Waals surface area contributed by atoms with Crippen LogP contribution in [0.15, 0.2) is 66.7 Å². The molecule has 0 aliphatic carbocycles. The maximum absolute atomic E-state index is 13.1. The first-order valence-electron chi connectivity index (χ1n) is 9.25. The van der Waals surface area contributed by atoms with Gasteiger partial charge in [-0.15, -0.1) is 0 Å². The van der Waals surface area contributed by atoms with Crippen molar-refractivity contribution in [3.05, 3.63) is 83.4 Å². The third kappa shape index (κ3) is 3.35. The second-order valence-corrected chi connectivity index (χ2v) is 7.01. The molecule has 0 saturated carbocycles. The van der Waals surface area contributed by atoms with Gasteiger partial charge in [0.25, 0.3) is 0 Å². The van der Waals surface area contributed by atoms with E-state index in [0.717, 1.165) is 13.0 Å². The number of carbonyl (C=O) groups excluding carboxylic acids is 1. The Hall–Kier alpha value is -2.65. The first kappa shape index (κ1) is 16.8. The molecule has 0 unspecified atom stereocenters. The highest BCUT2D eigenvalue weighted by atomic mass is 16.2. The van der Waals surface area contributed by atoms with Crippen molar-refractivity contribution in [2.75, 3.05) is 13.6 Å². The van der Waals surface area contributed by atoms with Crippen LogP contribution in [-0.2, 0) is 24.2 Å². The molecule has 3 aromatic carbocycles. The predicted octanol–water partition coefficient (Wildman–Crippen LogP) is 3.56. The van der Waals surface area contributed by atoms with Gasteiger partial charge in [0.2, 0.25) is 5.91 Å². The van der Waals surface area contributed by atoms with Gasteiger partial charge < -0.3 is 10.2 Å². The Kier molecular flexibility index (Phi) is 4.72. The number of nitrogens with one attached hydrogen (secondary N) is 1. The standard InChI is InChI=1S/C23H24N2O/c1-24-22(15-17-10-11-18-6-2-4-8-20(18)14-17)23(26)25-13-12-19-7-3-5-9-21(19)16-25/h2-11,14,22,24H,12-13,15-16H2,1H3/t22-/m1/s1. The number of likely N-dealkylation sites (N-methyl/N-ethyl adjacent to an activating group) is 1. The van der Waals surface area contributed by atoms with E-state index in [-0.39, 0.29) is 11.9 Å². The molecule has 26 heavy (non-hydrogen) atoms. The highest BCUT2D eigenvalue weighted by Gasteiger charge is 2.26. The van der Waals surface area contributed by atoms with Crippen molar-refractivity contribution < 1.29 is 4.79 Å². The number of amides is 1. The molecule has 1 heterocycles. The lowest BCUT2D eigenvalue weighted by molar-refractivity contribution is -0.134. The molecule has 3 heteroatoms. The van der Waals surface area contributed by atoms with Gasteiger partial charge in [0.05, 0.1) is 6.04 Å². The molecule has 0 saturated heterocycles. The van der Waals surface area contributed by atoms with Crippen LogP contribution in [0.3, 0.4) is 0 Å². The van der Waals surface area contributed by atoms with Gasteiger partial charge in [0, 0.05) is 13.1 Å². The average molecular weight is 344 g/mol. The zero-order chi connectivity index (χ0) is 17.9. The van der Waals surface area contributed by atoms with E-state index in [1.54, 1.807) is 0 Å². The summed E-state index contributed by atoms with van der Waals surface area (Å²) in [5.74, 6) is 0.190. The minimum atomic E-state index is -0.193. The van der Waals surface area contributed by atoms with Crippen LogP contribution in [0.25, 0.3) is 10.8 Å². The minimum Gasteiger partial charge on any atom is -0.337 e. The zero-order valence-electron chi connectivity index (χ0n) is 15.1. The van der Waals surface area contributed by atoms with E-state index in [1.807, 2.05) is 11.9 Å². The van der Waals surface area contributed by atoms with Crippen molar-refractivity contribution in [1.29, 1.82) is 0 Å². The maximum Gasteiger partial charge on any atom is 0.240 e. The van der Waals surface area contributed by atoms with Crippen LogP contribution in [0.4, 0.5) is 0 Å². The SMILES string of the molecule is CN[C@H](Cc1ccc2ccccc2c1)C(=O)N1CCc2ccccc2C1.